The van der Waals surface area contributed by atoms with E-state index < -0.39 is 10.0 Å². The summed E-state index contributed by atoms with van der Waals surface area (Å²) in [6, 6.07) is 11.9. The van der Waals surface area contributed by atoms with Crippen molar-refractivity contribution in [2.75, 3.05) is 11.1 Å². The van der Waals surface area contributed by atoms with Crippen LogP contribution in [0, 0.1) is 13.8 Å². The zero-order valence-corrected chi connectivity index (χ0v) is 17.0. The Morgan fingerprint density at radius 3 is 2.57 bits per heavy atom. The van der Waals surface area contributed by atoms with E-state index in [1.54, 1.807) is 6.20 Å². The quantitative estimate of drug-likeness (QED) is 0.601. The van der Waals surface area contributed by atoms with Crippen molar-refractivity contribution in [3.05, 3.63) is 66.0 Å². The highest BCUT2D eigenvalue weighted by atomic mass is 32.2. The third-order valence-corrected chi connectivity index (χ3v) is 5.93. The molecule has 0 unspecified atom stereocenters. The molecule has 0 aliphatic heterocycles. The molecule has 28 heavy (non-hydrogen) atoms. The molecular formula is C19H20N4O3S2. The zero-order chi connectivity index (χ0) is 20.3. The monoisotopic (exact) mass is 416 g/mol. The molecule has 3 rings (SSSR count). The third-order valence-electron chi connectivity index (χ3n) is 4.03. The minimum atomic E-state index is -3.75. The van der Waals surface area contributed by atoms with Crippen LogP contribution in [0.25, 0.3) is 5.69 Å². The molecule has 0 bridgehead atoms. The number of aromatic nitrogens is 2. The molecule has 9 heteroatoms. The van der Waals surface area contributed by atoms with Gasteiger partial charge in [-0.15, -0.1) is 0 Å². The minimum absolute atomic E-state index is 0.00424. The molecule has 1 amide bonds. The van der Waals surface area contributed by atoms with Gasteiger partial charge in [-0.05, 0) is 55.3 Å². The summed E-state index contributed by atoms with van der Waals surface area (Å²) in [4.78, 5) is 16.6. The summed E-state index contributed by atoms with van der Waals surface area (Å²) in [6.07, 6.45) is 3.57. The van der Waals surface area contributed by atoms with E-state index in [2.05, 4.69) is 28.5 Å². The number of carbonyl (C=O) groups is 1. The lowest BCUT2D eigenvalue weighted by Gasteiger charge is -2.11. The molecule has 0 atom stereocenters. The van der Waals surface area contributed by atoms with Gasteiger partial charge in [0, 0.05) is 18.1 Å². The van der Waals surface area contributed by atoms with E-state index in [1.165, 1.54) is 36.0 Å². The van der Waals surface area contributed by atoms with Crippen molar-refractivity contribution in [3.63, 3.8) is 0 Å². The fraction of sp³-hybridized carbons (Fsp3) is 0.158. The number of thioether (sulfide) groups is 1. The lowest BCUT2D eigenvalue weighted by Crippen LogP contribution is -2.15. The van der Waals surface area contributed by atoms with Crippen LogP contribution in [0.15, 0.2) is 64.9 Å². The van der Waals surface area contributed by atoms with Crippen LogP contribution in [-0.2, 0) is 14.8 Å². The predicted octanol–water partition coefficient (Wildman–Crippen LogP) is 2.87. The topological polar surface area (TPSA) is 107 Å². The highest BCUT2D eigenvalue weighted by Crippen LogP contribution is 2.24. The Bertz CT molecular complexity index is 1110. The van der Waals surface area contributed by atoms with Crippen molar-refractivity contribution in [1.29, 1.82) is 0 Å². The first-order valence-electron chi connectivity index (χ1n) is 8.40. The van der Waals surface area contributed by atoms with Crippen LogP contribution in [0.1, 0.15) is 11.1 Å². The molecular weight excluding hydrogens is 396 g/mol. The summed E-state index contributed by atoms with van der Waals surface area (Å²) in [5.41, 5.74) is 3.78. The maximum atomic E-state index is 12.2. The zero-order valence-electron chi connectivity index (χ0n) is 15.4. The Balaban J connectivity index is 1.66. The number of nitrogens with zero attached hydrogens (tertiary/aromatic N) is 2. The third kappa shape index (κ3) is 4.80. The Labute approximate surface area is 168 Å². The standard InChI is InChI=1S/C19H20N4O3S2/c1-13-3-4-14(2)17(11-13)23-10-9-21-19(23)27-12-18(24)22-15-5-7-16(8-6-15)28(20,25)26/h3-11H,12H2,1-2H3,(H,22,24)(H2,20,25,26). The van der Waals surface area contributed by atoms with Crippen molar-refractivity contribution in [2.24, 2.45) is 5.14 Å². The number of rotatable bonds is 6. The fourth-order valence-corrected chi connectivity index (χ4v) is 3.90. The first-order chi connectivity index (χ1) is 13.2. The molecule has 0 spiro atoms. The number of benzene rings is 2. The van der Waals surface area contributed by atoms with Crippen molar-refractivity contribution >= 4 is 33.4 Å². The number of primary sulfonamides is 1. The van der Waals surface area contributed by atoms with Gasteiger partial charge in [0.25, 0.3) is 0 Å². The number of hydrogen-bond donors (Lipinski definition) is 2. The van der Waals surface area contributed by atoms with Gasteiger partial charge in [0.15, 0.2) is 5.16 Å². The number of imidazole rings is 1. The number of hydrogen-bond acceptors (Lipinski definition) is 5. The van der Waals surface area contributed by atoms with Gasteiger partial charge in [-0.1, -0.05) is 23.9 Å². The van der Waals surface area contributed by atoms with E-state index >= 15 is 0 Å². The van der Waals surface area contributed by atoms with E-state index in [-0.39, 0.29) is 16.6 Å². The number of aryl methyl sites for hydroxylation is 2. The summed E-state index contributed by atoms with van der Waals surface area (Å²) in [7, 11) is -3.75. The van der Waals surface area contributed by atoms with E-state index in [4.69, 9.17) is 5.14 Å². The lowest BCUT2D eigenvalue weighted by molar-refractivity contribution is -0.113. The summed E-state index contributed by atoms with van der Waals surface area (Å²) in [5.74, 6) is -0.0531. The first kappa shape index (κ1) is 20.1. The number of anilines is 1. The van der Waals surface area contributed by atoms with Crippen molar-refractivity contribution < 1.29 is 13.2 Å². The average Bonchev–Trinajstić information content (AvgIpc) is 3.10. The molecule has 0 saturated carbocycles. The van der Waals surface area contributed by atoms with Crippen molar-refractivity contribution in [1.82, 2.24) is 9.55 Å². The normalized spacial score (nSPS) is 11.4. The van der Waals surface area contributed by atoms with Crippen molar-refractivity contribution in [3.8, 4) is 5.69 Å². The number of nitrogens with one attached hydrogen (secondary N) is 1. The van der Waals surface area contributed by atoms with Gasteiger partial charge < -0.3 is 5.32 Å². The molecule has 0 saturated heterocycles. The van der Waals surface area contributed by atoms with E-state index in [1.807, 2.05) is 24.6 Å². The second-order valence-electron chi connectivity index (χ2n) is 6.28. The van der Waals surface area contributed by atoms with Gasteiger partial charge in [-0.25, -0.2) is 18.5 Å². The molecule has 2 aromatic carbocycles. The van der Waals surface area contributed by atoms with Gasteiger partial charge in [0.1, 0.15) is 0 Å². The second kappa shape index (κ2) is 8.17. The van der Waals surface area contributed by atoms with Gasteiger partial charge in [-0.2, -0.15) is 0 Å². The molecule has 1 aromatic heterocycles. The molecule has 0 aliphatic rings. The largest absolute Gasteiger partial charge is 0.325 e. The van der Waals surface area contributed by atoms with Crippen molar-refractivity contribution in [2.45, 2.75) is 23.9 Å². The Kier molecular flexibility index (Phi) is 5.87. The number of sulfonamides is 1. The van der Waals surface area contributed by atoms with Gasteiger partial charge in [0.05, 0.1) is 16.3 Å². The number of nitrogens with two attached hydrogens (primary N) is 1. The Morgan fingerprint density at radius 1 is 1.18 bits per heavy atom. The molecule has 146 valence electrons. The van der Waals surface area contributed by atoms with Crippen LogP contribution in [0.3, 0.4) is 0 Å². The SMILES string of the molecule is Cc1ccc(C)c(-n2ccnc2SCC(=O)Nc2ccc(S(N)(=O)=O)cc2)c1. The van der Waals surface area contributed by atoms with Crippen LogP contribution in [0.2, 0.25) is 0 Å². The van der Waals surface area contributed by atoms with Crippen LogP contribution in [-0.4, -0.2) is 29.6 Å². The first-order valence-corrected chi connectivity index (χ1v) is 10.9. The van der Waals surface area contributed by atoms with Gasteiger partial charge in [0.2, 0.25) is 15.9 Å². The van der Waals surface area contributed by atoms with Crippen LogP contribution in [0.5, 0.6) is 0 Å². The highest BCUT2D eigenvalue weighted by molar-refractivity contribution is 7.99. The smallest absolute Gasteiger partial charge is 0.238 e. The van der Waals surface area contributed by atoms with Crippen LogP contribution < -0.4 is 10.5 Å². The summed E-state index contributed by atoms with van der Waals surface area (Å²) in [6.45, 7) is 4.06. The summed E-state index contributed by atoms with van der Waals surface area (Å²) in [5, 5.41) is 8.51. The van der Waals surface area contributed by atoms with Crippen LogP contribution >= 0.6 is 11.8 Å². The molecule has 3 aromatic rings. The van der Waals surface area contributed by atoms with E-state index in [0.29, 0.717) is 10.8 Å². The second-order valence-corrected chi connectivity index (χ2v) is 8.78. The van der Waals surface area contributed by atoms with Gasteiger partial charge >= 0.3 is 0 Å². The molecule has 3 N–H and O–H groups in total. The summed E-state index contributed by atoms with van der Waals surface area (Å²) < 4.78 is 24.5. The maximum Gasteiger partial charge on any atom is 0.238 e. The Morgan fingerprint density at radius 2 is 1.89 bits per heavy atom. The summed E-state index contributed by atoms with van der Waals surface area (Å²) >= 11 is 1.32. The van der Waals surface area contributed by atoms with E-state index in [9.17, 15) is 13.2 Å². The highest BCUT2D eigenvalue weighted by Gasteiger charge is 2.12. The number of carbonyl (C=O) groups excluding carboxylic acids is 1. The molecule has 0 radical (unpaired) electrons. The minimum Gasteiger partial charge on any atom is -0.325 e. The van der Waals surface area contributed by atoms with Gasteiger partial charge in [-0.3, -0.25) is 9.36 Å². The predicted molar refractivity (Wildman–Crippen MR) is 110 cm³/mol. The lowest BCUT2D eigenvalue weighted by atomic mass is 10.1. The molecule has 0 aliphatic carbocycles. The maximum absolute atomic E-state index is 12.2. The fourth-order valence-electron chi connectivity index (χ4n) is 2.61. The van der Waals surface area contributed by atoms with E-state index in [0.717, 1.165) is 16.8 Å². The van der Waals surface area contributed by atoms with Crippen LogP contribution in [0.4, 0.5) is 5.69 Å². The number of amides is 1. The average molecular weight is 417 g/mol. The molecule has 7 nitrogen and oxygen atoms in total. The molecule has 0 fully saturated rings. The Hall–Kier alpha value is -2.62. The molecule has 1 heterocycles.